The van der Waals surface area contributed by atoms with Gasteiger partial charge in [-0.05, 0) is 42.5 Å². The third kappa shape index (κ3) is 6.70. The molecule has 31 heavy (non-hydrogen) atoms. The van der Waals surface area contributed by atoms with E-state index in [0.717, 1.165) is 24.3 Å². The van der Waals surface area contributed by atoms with Crippen LogP contribution in [-0.4, -0.2) is 36.3 Å². The van der Waals surface area contributed by atoms with Gasteiger partial charge in [-0.25, -0.2) is 4.39 Å². The first-order valence-corrected chi connectivity index (χ1v) is 9.17. The number of hydrogen-bond donors (Lipinski definition) is 2. The van der Waals surface area contributed by atoms with E-state index in [1.807, 2.05) is 0 Å². The molecule has 0 saturated carbocycles. The molecule has 0 fully saturated rings. The zero-order valence-electron chi connectivity index (χ0n) is 16.5. The van der Waals surface area contributed by atoms with Crippen LogP contribution in [0.3, 0.4) is 0 Å². The number of nitrogens with zero attached hydrogens (tertiary/aromatic N) is 1. The van der Waals surface area contributed by atoms with Crippen LogP contribution in [0.15, 0.2) is 67.8 Å². The first kappa shape index (κ1) is 23.7. The minimum absolute atomic E-state index is 0.0901. The average Bonchev–Trinajstić information content (AvgIpc) is 2.72. The zero-order valence-corrected chi connectivity index (χ0v) is 16.5. The number of carbonyl (C=O) groups excluding carboxylic acids is 2. The van der Waals surface area contributed by atoms with Gasteiger partial charge < -0.3 is 15.5 Å². The van der Waals surface area contributed by atoms with Crippen molar-refractivity contribution in [3.05, 3.63) is 84.7 Å². The topological polar surface area (TPSA) is 61.4 Å². The van der Waals surface area contributed by atoms with Crippen molar-refractivity contribution >= 4 is 23.2 Å². The molecule has 0 radical (unpaired) electrons. The Hall–Kier alpha value is -3.62. The van der Waals surface area contributed by atoms with Crippen molar-refractivity contribution < 1.29 is 27.2 Å². The maximum Gasteiger partial charge on any atom is 0.418 e. The van der Waals surface area contributed by atoms with Crippen molar-refractivity contribution in [1.82, 2.24) is 4.90 Å². The molecule has 164 valence electrons. The highest BCUT2D eigenvalue weighted by molar-refractivity contribution is 6.04. The lowest BCUT2D eigenvalue weighted by molar-refractivity contribution is -0.137. The average molecular weight is 435 g/mol. The van der Waals surface area contributed by atoms with Crippen LogP contribution in [0.2, 0.25) is 0 Å². The molecule has 0 aliphatic rings. The number of benzene rings is 2. The van der Waals surface area contributed by atoms with Gasteiger partial charge in [0.2, 0.25) is 5.91 Å². The highest BCUT2D eigenvalue weighted by Gasteiger charge is 2.34. The van der Waals surface area contributed by atoms with Gasteiger partial charge in [0.1, 0.15) is 5.82 Å². The number of nitrogens with one attached hydrogen (secondary N) is 2. The van der Waals surface area contributed by atoms with Crippen molar-refractivity contribution in [2.24, 2.45) is 0 Å². The number of carbonyl (C=O) groups is 2. The van der Waals surface area contributed by atoms with E-state index in [-0.39, 0.29) is 36.6 Å². The molecule has 9 heteroatoms. The summed E-state index contributed by atoms with van der Waals surface area (Å²) < 4.78 is 53.6. The Morgan fingerprint density at radius 1 is 1.00 bits per heavy atom. The lowest BCUT2D eigenvalue weighted by Gasteiger charge is -2.21. The Balaban J connectivity index is 2.18. The second-order valence-corrected chi connectivity index (χ2v) is 6.45. The summed E-state index contributed by atoms with van der Waals surface area (Å²) in [6.07, 6.45) is -1.73. The number of halogens is 4. The molecule has 5 nitrogen and oxygen atoms in total. The monoisotopic (exact) mass is 435 g/mol. The van der Waals surface area contributed by atoms with Crippen molar-refractivity contribution in [3.8, 4) is 0 Å². The molecule has 2 aromatic rings. The smallest absolute Gasteiger partial charge is 0.376 e. The first-order chi connectivity index (χ1) is 14.7. The van der Waals surface area contributed by atoms with E-state index >= 15 is 0 Å². The van der Waals surface area contributed by atoms with Gasteiger partial charge in [0.05, 0.1) is 12.1 Å². The predicted octanol–water partition coefficient (Wildman–Crippen LogP) is 4.71. The van der Waals surface area contributed by atoms with E-state index in [1.165, 1.54) is 35.3 Å². The minimum atomic E-state index is -4.73. The van der Waals surface area contributed by atoms with E-state index in [4.69, 9.17) is 0 Å². The van der Waals surface area contributed by atoms with Gasteiger partial charge in [0.25, 0.3) is 5.91 Å². The SMILES string of the molecule is C=CCN(CC=C)C(=O)CNc1ccc(NC(=O)c2ccc(F)cc2)cc1C(F)(F)F. The summed E-state index contributed by atoms with van der Waals surface area (Å²) >= 11 is 0. The fraction of sp³-hybridized carbons (Fsp3) is 0.182. The second-order valence-electron chi connectivity index (χ2n) is 6.45. The van der Waals surface area contributed by atoms with Crippen molar-refractivity contribution in [3.63, 3.8) is 0 Å². The molecule has 2 aromatic carbocycles. The third-order valence-electron chi connectivity index (χ3n) is 4.17. The Kier molecular flexibility index (Phi) is 7.95. The molecule has 0 unspecified atom stereocenters. The van der Waals surface area contributed by atoms with Gasteiger partial charge in [-0.1, -0.05) is 12.2 Å². The van der Waals surface area contributed by atoms with E-state index in [9.17, 15) is 27.2 Å². The Labute approximate surface area is 177 Å². The number of anilines is 2. The number of hydrogen-bond acceptors (Lipinski definition) is 3. The van der Waals surface area contributed by atoms with Crippen molar-refractivity contribution in [2.45, 2.75) is 6.18 Å². The van der Waals surface area contributed by atoms with Crippen LogP contribution in [0.4, 0.5) is 28.9 Å². The molecule has 0 spiro atoms. The first-order valence-electron chi connectivity index (χ1n) is 9.17. The predicted molar refractivity (Wildman–Crippen MR) is 111 cm³/mol. The molecule has 0 saturated heterocycles. The van der Waals surface area contributed by atoms with Crippen LogP contribution in [0.1, 0.15) is 15.9 Å². The molecular formula is C22H21F4N3O2. The van der Waals surface area contributed by atoms with Gasteiger partial charge in [-0.15, -0.1) is 13.2 Å². The summed E-state index contributed by atoms with van der Waals surface area (Å²) in [4.78, 5) is 25.8. The zero-order chi connectivity index (χ0) is 23.0. The quantitative estimate of drug-likeness (QED) is 0.443. The van der Waals surface area contributed by atoms with Gasteiger partial charge in [-0.3, -0.25) is 9.59 Å². The molecule has 0 aliphatic carbocycles. The van der Waals surface area contributed by atoms with E-state index in [2.05, 4.69) is 23.8 Å². The summed E-state index contributed by atoms with van der Waals surface area (Å²) in [5.74, 6) is -1.66. The molecule has 2 amide bonds. The Bertz CT molecular complexity index is 946. The van der Waals surface area contributed by atoms with Crippen LogP contribution in [0.5, 0.6) is 0 Å². The molecule has 0 aliphatic heterocycles. The fourth-order valence-electron chi connectivity index (χ4n) is 2.69. The Morgan fingerprint density at radius 3 is 2.16 bits per heavy atom. The number of rotatable bonds is 9. The standard InChI is InChI=1S/C22H21F4N3O2/c1-3-11-29(12-4-2)20(30)14-27-19-10-9-17(13-18(19)22(24,25)26)28-21(31)15-5-7-16(23)8-6-15/h3-10,13,27H,1-2,11-12,14H2,(H,28,31). The van der Waals surface area contributed by atoms with E-state index in [1.54, 1.807) is 0 Å². The normalized spacial score (nSPS) is 10.8. The molecule has 0 heterocycles. The van der Waals surface area contributed by atoms with Gasteiger partial charge in [0.15, 0.2) is 0 Å². The van der Waals surface area contributed by atoms with E-state index in [0.29, 0.717) is 0 Å². The van der Waals surface area contributed by atoms with Crippen molar-refractivity contribution in [2.75, 3.05) is 30.3 Å². The third-order valence-corrected chi connectivity index (χ3v) is 4.17. The molecular weight excluding hydrogens is 414 g/mol. The number of alkyl halides is 3. The second kappa shape index (κ2) is 10.4. The van der Waals surface area contributed by atoms with Crippen LogP contribution in [0.25, 0.3) is 0 Å². The summed E-state index contributed by atoms with van der Waals surface area (Å²) in [5, 5.41) is 4.85. The maximum absolute atomic E-state index is 13.5. The number of amides is 2. The van der Waals surface area contributed by atoms with Crippen molar-refractivity contribution in [1.29, 1.82) is 0 Å². The van der Waals surface area contributed by atoms with Crippen LogP contribution < -0.4 is 10.6 Å². The van der Waals surface area contributed by atoms with Crippen LogP contribution in [-0.2, 0) is 11.0 Å². The van der Waals surface area contributed by atoms with Gasteiger partial charge in [-0.2, -0.15) is 13.2 Å². The summed E-state index contributed by atoms with van der Waals surface area (Å²) in [6, 6.07) is 7.74. The fourth-order valence-corrected chi connectivity index (χ4v) is 2.69. The summed E-state index contributed by atoms with van der Waals surface area (Å²) in [7, 11) is 0. The molecule has 2 rings (SSSR count). The molecule has 0 aromatic heterocycles. The van der Waals surface area contributed by atoms with E-state index < -0.39 is 29.4 Å². The lowest BCUT2D eigenvalue weighted by Crippen LogP contribution is -2.36. The minimum Gasteiger partial charge on any atom is -0.376 e. The summed E-state index contributed by atoms with van der Waals surface area (Å²) in [5.41, 5.74) is -1.36. The van der Waals surface area contributed by atoms with Gasteiger partial charge >= 0.3 is 6.18 Å². The lowest BCUT2D eigenvalue weighted by atomic mass is 10.1. The molecule has 0 atom stereocenters. The van der Waals surface area contributed by atoms with Gasteiger partial charge in [0, 0.05) is 30.0 Å². The summed E-state index contributed by atoms with van der Waals surface area (Å²) in [6.45, 7) is 7.17. The highest BCUT2D eigenvalue weighted by Crippen LogP contribution is 2.36. The highest BCUT2D eigenvalue weighted by atomic mass is 19.4. The van der Waals surface area contributed by atoms with Crippen LogP contribution >= 0.6 is 0 Å². The van der Waals surface area contributed by atoms with Crippen LogP contribution in [0, 0.1) is 5.82 Å². The molecule has 0 bridgehead atoms. The maximum atomic E-state index is 13.5. The largest absolute Gasteiger partial charge is 0.418 e. The molecule has 2 N–H and O–H groups in total. The Morgan fingerprint density at radius 2 is 1.61 bits per heavy atom.